The van der Waals surface area contributed by atoms with Gasteiger partial charge in [0, 0.05) is 12.1 Å². The van der Waals surface area contributed by atoms with Gasteiger partial charge in [0.25, 0.3) is 0 Å². The van der Waals surface area contributed by atoms with E-state index >= 15 is 0 Å². The predicted molar refractivity (Wildman–Crippen MR) is 82.9 cm³/mol. The number of rotatable bonds is 2. The minimum Gasteiger partial charge on any atom is -0.443 e. The second kappa shape index (κ2) is 6.18. The topological polar surface area (TPSA) is 70.4 Å². The van der Waals surface area contributed by atoms with Gasteiger partial charge in [-0.25, -0.2) is 4.79 Å². The van der Waals surface area contributed by atoms with Crippen molar-refractivity contribution in [2.45, 2.75) is 45.6 Å². The van der Waals surface area contributed by atoms with Gasteiger partial charge in [-0.1, -0.05) is 12.1 Å². The first-order chi connectivity index (χ1) is 10.3. The van der Waals surface area contributed by atoms with Crippen LogP contribution in [0.5, 0.6) is 0 Å². The maximum Gasteiger partial charge on any atom is 0.414 e. The highest BCUT2D eigenvalue weighted by molar-refractivity contribution is 5.99. The van der Waals surface area contributed by atoms with Gasteiger partial charge in [-0.3, -0.25) is 9.69 Å². The number of benzene rings is 1. The number of carbonyl (C=O) groups is 2. The molecule has 0 aliphatic carbocycles. The molecule has 0 fully saturated rings. The van der Waals surface area contributed by atoms with Crippen LogP contribution in [0.25, 0.3) is 0 Å². The van der Waals surface area contributed by atoms with Crippen molar-refractivity contribution in [3.05, 3.63) is 29.3 Å². The third kappa shape index (κ3) is 3.64. The van der Waals surface area contributed by atoms with E-state index in [2.05, 4.69) is 0 Å². The molecule has 5 heteroatoms. The number of ketones is 1. The molecule has 1 aromatic rings. The third-order valence-corrected chi connectivity index (χ3v) is 3.38. The minimum atomic E-state index is -0.567. The Morgan fingerprint density at radius 2 is 2.09 bits per heavy atom. The van der Waals surface area contributed by atoms with Crippen molar-refractivity contribution in [2.75, 3.05) is 11.4 Å². The van der Waals surface area contributed by atoms with Gasteiger partial charge >= 0.3 is 6.09 Å². The van der Waals surface area contributed by atoms with Crippen LogP contribution in [0.15, 0.2) is 18.2 Å². The van der Waals surface area contributed by atoms with Crippen molar-refractivity contribution >= 4 is 17.6 Å². The lowest BCUT2D eigenvalue weighted by Gasteiger charge is -2.32. The van der Waals surface area contributed by atoms with Crippen LogP contribution in [0.4, 0.5) is 10.5 Å². The van der Waals surface area contributed by atoms with Crippen molar-refractivity contribution < 1.29 is 14.3 Å². The van der Waals surface area contributed by atoms with E-state index in [9.17, 15) is 9.59 Å². The van der Waals surface area contributed by atoms with Crippen molar-refractivity contribution in [3.8, 4) is 6.07 Å². The summed E-state index contributed by atoms with van der Waals surface area (Å²) in [5.41, 5.74) is 1.62. The number of fused-ring (bicyclic) bond motifs is 1. The van der Waals surface area contributed by atoms with Gasteiger partial charge in [-0.2, -0.15) is 5.26 Å². The smallest absolute Gasteiger partial charge is 0.414 e. The highest BCUT2D eigenvalue weighted by atomic mass is 16.6. The SMILES string of the molecule is CC(C)(C)OC(=O)N1CCCc2ccc(C(=O)CC#N)cc21. The van der Waals surface area contributed by atoms with Gasteiger partial charge in [-0.05, 0) is 45.2 Å². The van der Waals surface area contributed by atoms with E-state index in [1.54, 1.807) is 17.0 Å². The molecule has 0 atom stereocenters. The van der Waals surface area contributed by atoms with Crippen LogP contribution in [-0.2, 0) is 11.2 Å². The summed E-state index contributed by atoms with van der Waals surface area (Å²) in [6, 6.07) is 7.13. The second-order valence-electron chi connectivity index (χ2n) is 6.34. The summed E-state index contributed by atoms with van der Waals surface area (Å²) in [4.78, 5) is 25.8. The van der Waals surface area contributed by atoms with Gasteiger partial charge < -0.3 is 4.74 Å². The van der Waals surface area contributed by atoms with Gasteiger partial charge in [-0.15, -0.1) is 0 Å². The second-order valence-corrected chi connectivity index (χ2v) is 6.34. The van der Waals surface area contributed by atoms with Crippen LogP contribution >= 0.6 is 0 Å². The van der Waals surface area contributed by atoms with E-state index in [-0.39, 0.29) is 12.2 Å². The maximum absolute atomic E-state index is 12.3. The Kier molecular flexibility index (Phi) is 4.51. The Balaban J connectivity index is 2.32. The average Bonchev–Trinajstić information content (AvgIpc) is 2.44. The predicted octanol–water partition coefficient (Wildman–Crippen LogP) is 3.47. The summed E-state index contributed by atoms with van der Waals surface area (Å²) in [7, 11) is 0. The number of ether oxygens (including phenoxy) is 1. The Hall–Kier alpha value is -2.35. The number of hydrogen-bond donors (Lipinski definition) is 0. The molecule has 0 spiro atoms. The van der Waals surface area contributed by atoms with E-state index < -0.39 is 11.7 Å². The number of nitrogens with zero attached hydrogens (tertiary/aromatic N) is 2. The lowest BCUT2D eigenvalue weighted by Crippen LogP contribution is -2.39. The number of aryl methyl sites for hydroxylation is 1. The molecule has 1 heterocycles. The molecule has 1 aromatic carbocycles. The molecule has 0 aromatic heterocycles. The number of carbonyl (C=O) groups excluding carboxylic acids is 2. The summed E-state index contributed by atoms with van der Waals surface area (Å²) in [5, 5.41) is 8.65. The van der Waals surface area contributed by atoms with Gasteiger partial charge in [0.15, 0.2) is 5.78 Å². The summed E-state index contributed by atoms with van der Waals surface area (Å²) in [6.07, 6.45) is 1.16. The number of amides is 1. The largest absolute Gasteiger partial charge is 0.443 e. The first kappa shape index (κ1) is 16.0. The molecule has 0 saturated heterocycles. The van der Waals surface area contributed by atoms with Crippen LogP contribution in [0.1, 0.15) is 49.5 Å². The first-order valence-electron chi connectivity index (χ1n) is 7.35. The van der Waals surface area contributed by atoms with Gasteiger partial charge in [0.1, 0.15) is 5.60 Å². The van der Waals surface area contributed by atoms with Crippen LogP contribution < -0.4 is 4.90 Å². The lowest BCUT2D eigenvalue weighted by atomic mass is 9.98. The van der Waals surface area contributed by atoms with Gasteiger partial charge in [0.05, 0.1) is 18.2 Å². The quantitative estimate of drug-likeness (QED) is 0.784. The molecular weight excluding hydrogens is 280 g/mol. The van der Waals surface area contributed by atoms with Crippen molar-refractivity contribution in [1.82, 2.24) is 0 Å². The average molecular weight is 300 g/mol. The normalized spacial score (nSPS) is 14.0. The fraction of sp³-hybridized carbons (Fsp3) is 0.471. The Labute approximate surface area is 130 Å². The van der Waals surface area contributed by atoms with Crippen LogP contribution in [0.2, 0.25) is 0 Å². The summed E-state index contributed by atoms with van der Waals surface area (Å²) in [5.74, 6) is -0.236. The monoisotopic (exact) mass is 300 g/mol. The first-order valence-corrected chi connectivity index (χ1v) is 7.35. The Bertz CT molecular complexity index is 638. The zero-order valence-electron chi connectivity index (χ0n) is 13.2. The lowest BCUT2D eigenvalue weighted by molar-refractivity contribution is 0.0577. The Morgan fingerprint density at radius 3 is 2.73 bits per heavy atom. The summed E-state index contributed by atoms with van der Waals surface area (Å²) in [6.45, 7) is 6.03. The van der Waals surface area contributed by atoms with Crippen molar-refractivity contribution in [3.63, 3.8) is 0 Å². The van der Waals surface area contributed by atoms with Crippen molar-refractivity contribution in [2.24, 2.45) is 0 Å². The van der Waals surface area contributed by atoms with E-state index in [1.807, 2.05) is 32.9 Å². The zero-order valence-corrected chi connectivity index (χ0v) is 13.2. The number of nitriles is 1. The molecule has 0 bridgehead atoms. The molecule has 1 aliphatic heterocycles. The molecule has 0 unspecified atom stereocenters. The molecule has 0 saturated carbocycles. The standard InChI is InChI=1S/C17H20N2O3/c1-17(2,3)22-16(21)19-10-4-5-12-6-7-13(11-14(12)19)15(20)8-9-18/h6-7,11H,4-5,8,10H2,1-3H3. The third-order valence-electron chi connectivity index (χ3n) is 3.38. The van der Waals surface area contributed by atoms with E-state index in [4.69, 9.17) is 10.00 Å². The summed E-state index contributed by atoms with van der Waals surface area (Å²) < 4.78 is 5.43. The van der Waals surface area contributed by atoms with Crippen LogP contribution in [-0.4, -0.2) is 24.0 Å². The number of anilines is 1. The zero-order chi connectivity index (χ0) is 16.3. The number of Topliss-reactive ketones (excluding diaryl/α,β-unsaturated/α-hetero) is 1. The fourth-order valence-electron chi connectivity index (χ4n) is 2.43. The minimum absolute atomic E-state index is 0.161. The van der Waals surface area contributed by atoms with Gasteiger partial charge in [0.2, 0.25) is 0 Å². The Morgan fingerprint density at radius 1 is 1.36 bits per heavy atom. The van der Waals surface area contributed by atoms with E-state index in [0.717, 1.165) is 18.4 Å². The molecule has 2 rings (SSSR count). The molecular formula is C17H20N2O3. The van der Waals surface area contributed by atoms with Crippen LogP contribution in [0, 0.1) is 11.3 Å². The molecule has 0 radical (unpaired) electrons. The molecule has 22 heavy (non-hydrogen) atoms. The summed E-state index contributed by atoms with van der Waals surface area (Å²) >= 11 is 0. The van der Waals surface area contributed by atoms with Crippen molar-refractivity contribution in [1.29, 1.82) is 5.26 Å². The molecule has 116 valence electrons. The highest BCUT2D eigenvalue weighted by Crippen LogP contribution is 2.30. The van der Waals surface area contributed by atoms with E-state index in [1.165, 1.54) is 0 Å². The maximum atomic E-state index is 12.3. The van der Waals surface area contributed by atoms with E-state index in [0.29, 0.717) is 17.8 Å². The number of hydrogen-bond acceptors (Lipinski definition) is 4. The fourth-order valence-corrected chi connectivity index (χ4v) is 2.43. The molecule has 0 N–H and O–H groups in total. The highest BCUT2D eigenvalue weighted by Gasteiger charge is 2.27. The van der Waals surface area contributed by atoms with Crippen LogP contribution in [0.3, 0.4) is 0 Å². The molecule has 5 nitrogen and oxygen atoms in total. The molecule has 1 aliphatic rings. The molecule has 1 amide bonds.